The first-order chi connectivity index (χ1) is 12.7. The second kappa shape index (κ2) is 21.2. The van der Waals surface area contributed by atoms with Gasteiger partial charge in [0.05, 0.1) is 0 Å². The van der Waals surface area contributed by atoms with E-state index in [1.54, 1.807) is 0 Å². The van der Waals surface area contributed by atoms with E-state index in [2.05, 4.69) is 37.9 Å². The van der Waals surface area contributed by atoms with Crippen LogP contribution in [0.1, 0.15) is 96.8 Å². The lowest BCUT2D eigenvalue weighted by molar-refractivity contribution is 0.119. The van der Waals surface area contributed by atoms with E-state index < -0.39 is 0 Å². The summed E-state index contributed by atoms with van der Waals surface area (Å²) in [7, 11) is 6.51. The van der Waals surface area contributed by atoms with E-state index in [1.807, 2.05) is 0 Å². The number of ether oxygens (including phenoxy) is 1. The predicted molar refractivity (Wildman–Crippen MR) is 117 cm³/mol. The maximum absolute atomic E-state index is 5.78. The molecular formula is C23H50N2O. The van der Waals surface area contributed by atoms with Crippen LogP contribution in [0.2, 0.25) is 0 Å². The molecule has 0 aliphatic carbocycles. The Labute approximate surface area is 165 Å². The van der Waals surface area contributed by atoms with Crippen LogP contribution in [0.5, 0.6) is 0 Å². The van der Waals surface area contributed by atoms with E-state index in [1.165, 1.54) is 96.6 Å². The van der Waals surface area contributed by atoms with E-state index in [0.717, 1.165) is 26.2 Å². The van der Waals surface area contributed by atoms with Gasteiger partial charge in [0.15, 0.2) is 0 Å². The van der Waals surface area contributed by atoms with Crippen molar-refractivity contribution >= 4 is 0 Å². The normalized spacial score (nSPS) is 11.8. The first-order valence-electron chi connectivity index (χ1n) is 11.6. The zero-order chi connectivity index (χ0) is 19.3. The first-order valence-corrected chi connectivity index (χ1v) is 11.6. The summed E-state index contributed by atoms with van der Waals surface area (Å²) in [6.07, 6.45) is 19.3. The van der Waals surface area contributed by atoms with Crippen molar-refractivity contribution < 1.29 is 4.74 Å². The first kappa shape index (κ1) is 25.9. The molecule has 0 aliphatic rings. The van der Waals surface area contributed by atoms with E-state index in [-0.39, 0.29) is 0 Å². The molecule has 0 N–H and O–H groups in total. The summed E-state index contributed by atoms with van der Waals surface area (Å²) in [5.74, 6) is 0. The molecule has 0 bridgehead atoms. The topological polar surface area (TPSA) is 15.7 Å². The van der Waals surface area contributed by atoms with E-state index in [4.69, 9.17) is 4.74 Å². The standard InChI is InChI=1S/C23H50N2O/c1-5-6-7-8-9-10-11-12-13-14-15-16-22-26-23-18-21-25(4)20-17-19-24(2)3/h5-23H2,1-4H3. The molecule has 0 unspecified atom stereocenters. The molecule has 0 atom stereocenters. The number of rotatable bonds is 21. The highest BCUT2D eigenvalue weighted by molar-refractivity contribution is 4.54. The summed E-state index contributed by atoms with van der Waals surface area (Å²) in [5.41, 5.74) is 0. The molecule has 158 valence electrons. The molecular weight excluding hydrogens is 320 g/mol. The van der Waals surface area contributed by atoms with Crippen LogP contribution >= 0.6 is 0 Å². The fourth-order valence-electron chi connectivity index (χ4n) is 3.35. The van der Waals surface area contributed by atoms with Gasteiger partial charge in [-0.1, -0.05) is 77.6 Å². The van der Waals surface area contributed by atoms with Crippen LogP contribution in [0.3, 0.4) is 0 Å². The Bertz CT molecular complexity index is 259. The van der Waals surface area contributed by atoms with Gasteiger partial charge in [-0.3, -0.25) is 0 Å². The van der Waals surface area contributed by atoms with Crippen molar-refractivity contribution in [3.05, 3.63) is 0 Å². The zero-order valence-corrected chi connectivity index (χ0v) is 18.7. The molecule has 0 radical (unpaired) electrons. The average Bonchev–Trinajstić information content (AvgIpc) is 2.61. The minimum Gasteiger partial charge on any atom is -0.381 e. The SMILES string of the molecule is CCCCCCCCCCCCCCOCCCN(C)CCCN(C)C. The maximum Gasteiger partial charge on any atom is 0.0478 e. The molecule has 0 aromatic rings. The van der Waals surface area contributed by atoms with Gasteiger partial charge in [-0.2, -0.15) is 0 Å². The summed E-state index contributed by atoms with van der Waals surface area (Å²) in [6.45, 7) is 7.71. The van der Waals surface area contributed by atoms with Crippen LogP contribution < -0.4 is 0 Å². The molecule has 0 spiro atoms. The smallest absolute Gasteiger partial charge is 0.0478 e. The molecule has 0 rings (SSSR count). The highest BCUT2D eigenvalue weighted by atomic mass is 16.5. The molecule has 0 saturated heterocycles. The largest absolute Gasteiger partial charge is 0.381 e. The molecule has 0 saturated carbocycles. The fourth-order valence-corrected chi connectivity index (χ4v) is 3.35. The Balaban J connectivity index is 3.09. The Kier molecular flexibility index (Phi) is 21.1. The highest BCUT2D eigenvalue weighted by Crippen LogP contribution is 2.11. The summed E-state index contributed by atoms with van der Waals surface area (Å²) >= 11 is 0. The van der Waals surface area contributed by atoms with Gasteiger partial charge in [-0.25, -0.2) is 0 Å². The van der Waals surface area contributed by atoms with Crippen molar-refractivity contribution in [1.29, 1.82) is 0 Å². The van der Waals surface area contributed by atoms with Gasteiger partial charge >= 0.3 is 0 Å². The van der Waals surface area contributed by atoms with Crippen molar-refractivity contribution in [1.82, 2.24) is 9.80 Å². The Morgan fingerprint density at radius 1 is 0.500 bits per heavy atom. The summed E-state index contributed by atoms with van der Waals surface area (Å²) in [6, 6.07) is 0. The fraction of sp³-hybridized carbons (Fsp3) is 1.00. The van der Waals surface area contributed by atoms with Gasteiger partial charge in [0.1, 0.15) is 0 Å². The number of hydrogen-bond acceptors (Lipinski definition) is 3. The highest BCUT2D eigenvalue weighted by Gasteiger charge is 1.99. The molecule has 0 aromatic carbocycles. The van der Waals surface area contributed by atoms with Crippen molar-refractivity contribution in [2.75, 3.05) is 54.0 Å². The molecule has 0 amide bonds. The van der Waals surface area contributed by atoms with E-state index in [0.29, 0.717) is 0 Å². The minimum atomic E-state index is 0.927. The third kappa shape index (κ3) is 21.9. The van der Waals surface area contributed by atoms with Crippen molar-refractivity contribution in [2.24, 2.45) is 0 Å². The number of hydrogen-bond donors (Lipinski definition) is 0. The van der Waals surface area contributed by atoms with Gasteiger partial charge in [0.25, 0.3) is 0 Å². The minimum absolute atomic E-state index is 0.927. The average molecular weight is 371 g/mol. The number of unbranched alkanes of at least 4 members (excludes halogenated alkanes) is 11. The van der Waals surface area contributed by atoms with Gasteiger partial charge in [0.2, 0.25) is 0 Å². The summed E-state index contributed by atoms with van der Waals surface area (Å²) < 4.78 is 5.78. The molecule has 0 heterocycles. The zero-order valence-electron chi connectivity index (χ0n) is 18.7. The Morgan fingerprint density at radius 3 is 1.50 bits per heavy atom. The van der Waals surface area contributed by atoms with Gasteiger partial charge < -0.3 is 14.5 Å². The van der Waals surface area contributed by atoms with E-state index in [9.17, 15) is 0 Å². The van der Waals surface area contributed by atoms with Gasteiger partial charge in [-0.05, 0) is 53.5 Å². The van der Waals surface area contributed by atoms with Crippen LogP contribution in [0.15, 0.2) is 0 Å². The Hall–Kier alpha value is -0.120. The molecule has 0 aliphatic heterocycles. The third-order valence-electron chi connectivity index (χ3n) is 5.12. The quantitative estimate of drug-likeness (QED) is 0.231. The van der Waals surface area contributed by atoms with Gasteiger partial charge in [-0.15, -0.1) is 0 Å². The van der Waals surface area contributed by atoms with E-state index >= 15 is 0 Å². The van der Waals surface area contributed by atoms with Gasteiger partial charge in [0, 0.05) is 19.8 Å². The molecule has 0 fully saturated rings. The lowest BCUT2D eigenvalue weighted by atomic mass is 10.1. The molecule has 26 heavy (non-hydrogen) atoms. The van der Waals surface area contributed by atoms with Crippen molar-refractivity contribution in [3.8, 4) is 0 Å². The van der Waals surface area contributed by atoms with Crippen LogP contribution in [0, 0.1) is 0 Å². The summed E-state index contributed by atoms with van der Waals surface area (Å²) in [5, 5.41) is 0. The van der Waals surface area contributed by atoms with Crippen LogP contribution in [0.4, 0.5) is 0 Å². The predicted octanol–water partition coefficient (Wildman–Crippen LogP) is 5.98. The van der Waals surface area contributed by atoms with Crippen molar-refractivity contribution in [2.45, 2.75) is 96.8 Å². The Morgan fingerprint density at radius 2 is 0.962 bits per heavy atom. The second-order valence-corrected chi connectivity index (χ2v) is 8.32. The second-order valence-electron chi connectivity index (χ2n) is 8.32. The van der Waals surface area contributed by atoms with Crippen LogP contribution in [0.25, 0.3) is 0 Å². The molecule has 3 heteroatoms. The van der Waals surface area contributed by atoms with Crippen LogP contribution in [-0.4, -0.2) is 63.8 Å². The molecule has 3 nitrogen and oxygen atoms in total. The lowest BCUT2D eigenvalue weighted by Crippen LogP contribution is -2.25. The lowest BCUT2D eigenvalue weighted by Gasteiger charge is -2.17. The maximum atomic E-state index is 5.78. The summed E-state index contributed by atoms with van der Waals surface area (Å²) in [4.78, 5) is 4.68. The number of nitrogens with zero attached hydrogens (tertiary/aromatic N) is 2. The monoisotopic (exact) mass is 370 g/mol. The van der Waals surface area contributed by atoms with Crippen molar-refractivity contribution in [3.63, 3.8) is 0 Å². The van der Waals surface area contributed by atoms with Crippen LogP contribution in [-0.2, 0) is 4.74 Å². The third-order valence-corrected chi connectivity index (χ3v) is 5.12. The molecule has 0 aromatic heterocycles.